The van der Waals surface area contributed by atoms with Crippen LogP contribution in [-0.2, 0) is 6.42 Å². The number of rotatable bonds is 2. The summed E-state index contributed by atoms with van der Waals surface area (Å²) in [7, 11) is 2.03. The maximum atomic E-state index is 10.9. The van der Waals surface area contributed by atoms with Gasteiger partial charge in [0.2, 0.25) is 0 Å². The van der Waals surface area contributed by atoms with E-state index in [1.165, 1.54) is 16.9 Å². The molecule has 1 N–H and O–H groups in total. The fourth-order valence-corrected chi connectivity index (χ4v) is 2.94. The van der Waals surface area contributed by atoms with Gasteiger partial charge in [0.15, 0.2) is 0 Å². The summed E-state index contributed by atoms with van der Waals surface area (Å²) in [6.45, 7) is 0.996. The second kappa shape index (κ2) is 4.10. The van der Waals surface area contributed by atoms with E-state index in [0.29, 0.717) is 4.88 Å². The van der Waals surface area contributed by atoms with E-state index in [4.69, 9.17) is 5.11 Å². The fourth-order valence-electron chi connectivity index (χ4n) is 2.18. The van der Waals surface area contributed by atoms with Gasteiger partial charge >= 0.3 is 5.97 Å². The highest BCUT2D eigenvalue weighted by molar-refractivity contribution is 7.12. The quantitative estimate of drug-likeness (QED) is 0.901. The number of nitrogens with zero attached hydrogens (tertiary/aromatic N) is 2. The first-order valence-corrected chi connectivity index (χ1v) is 6.55. The van der Waals surface area contributed by atoms with Crippen molar-refractivity contribution in [3.8, 4) is 11.1 Å². The summed E-state index contributed by atoms with van der Waals surface area (Å²) in [4.78, 5) is 17.8. The molecule has 0 aromatic carbocycles. The molecule has 5 heteroatoms. The average Bonchev–Trinajstić information content (AvgIpc) is 2.96. The van der Waals surface area contributed by atoms with Gasteiger partial charge in [0.25, 0.3) is 0 Å². The molecule has 0 amide bonds. The van der Waals surface area contributed by atoms with E-state index in [0.717, 1.165) is 29.9 Å². The van der Waals surface area contributed by atoms with E-state index in [2.05, 4.69) is 16.0 Å². The number of pyridine rings is 1. The van der Waals surface area contributed by atoms with Crippen molar-refractivity contribution in [2.75, 3.05) is 18.5 Å². The minimum absolute atomic E-state index is 0.364. The molecule has 1 aliphatic rings. The lowest BCUT2D eigenvalue weighted by atomic mass is 10.1. The lowest BCUT2D eigenvalue weighted by molar-refractivity contribution is 0.0702. The molecule has 0 fully saturated rings. The second-order valence-corrected chi connectivity index (χ2v) is 5.29. The van der Waals surface area contributed by atoms with Gasteiger partial charge in [-0.05, 0) is 35.1 Å². The highest BCUT2D eigenvalue weighted by Crippen LogP contribution is 2.31. The van der Waals surface area contributed by atoms with Crippen molar-refractivity contribution in [3.05, 3.63) is 34.2 Å². The van der Waals surface area contributed by atoms with Gasteiger partial charge in [-0.1, -0.05) is 0 Å². The van der Waals surface area contributed by atoms with Crippen molar-refractivity contribution in [1.82, 2.24) is 4.98 Å². The predicted octanol–water partition coefficient (Wildman–Crippen LogP) is 2.50. The van der Waals surface area contributed by atoms with Crippen molar-refractivity contribution < 1.29 is 9.90 Å². The summed E-state index contributed by atoms with van der Waals surface area (Å²) in [5, 5.41) is 10.8. The molecule has 3 heterocycles. The maximum Gasteiger partial charge on any atom is 0.345 e. The Kier molecular flexibility index (Phi) is 2.56. The normalized spacial score (nSPS) is 13.7. The van der Waals surface area contributed by atoms with Crippen molar-refractivity contribution in [2.45, 2.75) is 6.42 Å². The van der Waals surface area contributed by atoms with Gasteiger partial charge in [0.05, 0.1) is 0 Å². The van der Waals surface area contributed by atoms with Crippen molar-refractivity contribution >= 4 is 23.1 Å². The minimum atomic E-state index is -0.875. The summed E-state index contributed by atoms with van der Waals surface area (Å²) < 4.78 is 0. The number of carboxylic acids is 1. The van der Waals surface area contributed by atoms with Crippen LogP contribution in [0.3, 0.4) is 0 Å². The molecule has 3 rings (SSSR count). The van der Waals surface area contributed by atoms with Crippen LogP contribution in [-0.4, -0.2) is 29.7 Å². The molecular weight excluding hydrogens is 248 g/mol. The topological polar surface area (TPSA) is 53.4 Å². The van der Waals surface area contributed by atoms with Crippen LogP contribution in [0.4, 0.5) is 5.82 Å². The minimum Gasteiger partial charge on any atom is -0.477 e. The molecule has 0 radical (unpaired) electrons. The molecule has 1 aliphatic heterocycles. The van der Waals surface area contributed by atoms with Crippen LogP contribution in [0.1, 0.15) is 15.2 Å². The first-order chi connectivity index (χ1) is 8.65. The zero-order chi connectivity index (χ0) is 12.7. The first-order valence-electron chi connectivity index (χ1n) is 5.67. The van der Waals surface area contributed by atoms with E-state index >= 15 is 0 Å². The summed E-state index contributed by atoms with van der Waals surface area (Å²) in [5.74, 6) is 0.160. The van der Waals surface area contributed by atoms with Gasteiger partial charge < -0.3 is 10.0 Å². The molecule has 0 aliphatic carbocycles. The second-order valence-electron chi connectivity index (χ2n) is 4.38. The third-order valence-electron chi connectivity index (χ3n) is 3.16. The van der Waals surface area contributed by atoms with Crippen molar-refractivity contribution in [2.24, 2.45) is 0 Å². The fraction of sp³-hybridized carbons (Fsp3) is 0.231. The largest absolute Gasteiger partial charge is 0.477 e. The Balaban J connectivity index is 1.99. The molecular formula is C13H12N2O2S. The Bertz CT molecular complexity index is 621. The molecule has 0 unspecified atom stereocenters. The SMILES string of the molecule is CN1CCc2cc(-c3csc(C(=O)O)c3)cnc21. The molecule has 4 nitrogen and oxygen atoms in total. The summed E-state index contributed by atoms with van der Waals surface area (Å²) >= 11 is 1.25. The average molecular weight is 260 g/mol. The zero-order valence-electron chi connectivity index (χ0n) is 9.88. The molecule has 18 heavy (non-hydrogen) atoms. The van der Waals surface area contributed by atoms with Crippen LogP contribution in [0, 0.1) is 0 Å². The Hall–Kier alpha value is -1.88. The lowest BCUT2D eigenvalue weighted by Gasteiger charge is -2.10. The van der Waals surface area contributed by atoms with Crippen molar-refractivity contribution in [3.63, 3.8) is 0 Å². The molecule has 0 spiro atoms. The highest BCUT2D eigenvalue weighted by Gasteiger charge is 2.18. The molecule has 2 aromatic rings. The molecule has 0 atom stereocenters. The van der Waals surface area contributed by atoms with E-state index in [1.807, 2.05) is 18.6 Å². The number of aromatic nitrogens is 1. The van der Waals surface area contributed by atoms with Crippen LogP contribution < -0.4 is 4.90 Å². The highest BCUT2D eigenvalue weighted by atomic mass is 32.1. The van der Waals surface area contributed by atoms with E-state index in [1.54, 1.807) is 6.07 Å². The van der Waals surface area contributed by atoms with Gasteiger partial charge in [0, 0.05) is 25.4 Å². The number of likely N-dealkylation sites (N-methyl/N-ethyl adjacent to an activating group) is 1. The Morgan fingerprint density at radius 1 is 1.44 bits per heavy atom. The van der Waals surface area contributed by atoms with Gasteiger partial charge in [-0.2, -0.15) is 0 Å². The number of carbonyl (C=O) groups is 1. The number of fused-ring (bicyclic) bond motifs is 1. The van der Waals surface area contributed by atoms with Gasteiger partial charge in [-0.3, -0.25) is 0 Å². The van der Waals surface area contributed by atoms with Crippen LogP contribution in [0.2, 0.25) is 0 Å². The van der Waals surface area contributed by atoms with Crippen LogP contribution in [0.15, 0.2) is 23.7 Å². The molecule has 0 saturated carbocycles. The number of anilines is 1. The standard InChI is InChI=1S/C13H12N2O2S/c1-15-3-2-8-4-9(6-14-12(8)15)10-5-11(13(16)17)18-7-10/h4-7H,2-3H2,1H3,(H,16,17). The first kappa shape index (κ1) is 11.2. The number of thiophene rings is 1. The number of hydrogen-bond acceptors (Lipinski definition) is 4. The number of hydrogen-bond donors (Lipinski definition) is 1. The molecule has 92 valence electrons. The van der Waals surface area contributed by atoms with Crippen molar-refractivity contribution in [1.29, 1.82) is 0 Å². The van der Waals surface area contributed by atoms with E-state index in [9.17, 15) is 4.79 Å². The van der Waals surface area contributed by atoms with E-state index in [-0.39, 0.29) is 0 Å². The van der Waals surface area contributed by atoms with Gasteiger partial charge in [-0.15, -0.1) is 11.3 Å². The van der Waals surface area contributed by atoms with Crippen LogP contribution >= 0.6 is 11.3 Å². The number of aromatic carboxylic acids is 1. The summed E-state index contributed by atoms with van der Waals surface area (Å²) in [5.41, 5.74) is 3.16. The van der Waals surface area contributed by atoms with Crippen LogP contribution in [0.5, 0.6) is 0 Å². The molecule has 0 saturated heterocycles. The summed E-state index contributed by atoms with van der Waals surface area (Å²) in [6.07, 6.45) is 2.82. The lowest BCUT2D eigenvalue weighted by Crippen LogP contribution is -2.13. The van der Waals surface area contributed by atoms with E-state index < -0.39 is 5.97 Å². The Morgan fingerprint density at radius 2 is 2.28 bits per heavy atom. The maximum absolute atomic E-state index is 10.9. The van der Waals surface area contributed by atoms with Gasteiger partial charge in [-0.25, -0.2) is 9.78 Å². The Labute approximate surface area is 109 Å². The predicted molar refractivity (Wildman–Crippen MR) is 71.5 cm³/mol. The zero-order valence-corrected chi connectivity index (χ0v) is 10.7. The number of carboxylic acid groups (broad SMARTS) is 1. The molecule has 0 bridgehead atoms. The monoisotopic (exact) mass is 260 g/mol. The third-order valence-corrected chi connectivity index (χ3v) is 4.08. The third kappa shape index (κ3) is 1.76. The van der Waals surface area contributed by atoms with Gasteiger partial charge in [0.1, 0.15) is 10.7 Å². The van der Waals surface area contributed by atoms with Crippen LogP contribution in [0.25, 0.3) is 11.1 Å². The smallest absolute Gasteiger partial charge is 0.345 e. The summed E-state index contributed by atoms with van der Waals surface area (Å²) in [6, 6.07) is 3.81. The molecule has 2 aromatic heterocycles. The Morgan fingerprint density at radius 3 is 3.00 bits per heavy atom.